The van der Waals surface area contributed by atoms with E-state index in [-0.39, 0.29) is 11.9 Å². The van der Waals surface area contributed by atoms with Gasteiger partial charge in [-0.15, -0.1) is 11.3 Å². The monoisotopic (exact) mass is 397 g/mol. The molecule has 0 saturated heterocycles. The molecule has 0 saturated carbocycles. The number of thiophene rings is 1. The Hall–Kier alpha value is -1.92. The summed E-state index contributed by atoms with van der Waals surface area (Å²) in [5.74, 6) is 1.18. The molecule has 1 aliphatic rings. The fourth-order valence-electron chi connectivity index (χ4n) is 3.57. The molecule has 6 heteroatoms. The van der Waals surface area contributed by atoms with Gasteiger partial charge in [0.05, 0.1) is 11.8 Å². The first kappa shape index (κ1) is 18.4. The van der Waals surface area contributed by atoms with E-state index in [1.54, 1.807) is 11.3 Å². The van der Waals surface area contributed by atoms with E-state index in [0.29, 0.717) is 5.75 Å². The van der Waals surface area contributed by atoms with Crippen LogP contribution in [0.25, 0.3) is 10.2 Å². The van der Waals surface area contributed by atoms with E-state index in [1.165, 1.54) is 40.4 Å². The third-order valence-electron chi connectivity index (χ3n) is 4.91. The molecule has 0 unspecified atom stereocenters. The van der Waals surface area contributed by atoms with Crippen molar-refractivity contribution in [3.05, 3.63) is 52.2 Å². The molecule has 27 heavy (non-hydrogen) atoms. The third kappa shape index (κ3) is 4.01. The minimum Gasteiger partial charge on any atom is -0.349 e. The quantitative estimate of drug-likeness (QED) is 0.494. The predicted octanol–water partition coefficient (Wildman–Crippen LogP) is 4.85. The lowest BCUT2D eigenvalue weighted by Crippen LogP contribution is -2.28. The van der Waals surface area contributed by atoms with Crippen LogP contribution in [0.1, 0.15) is 47.6 Å². The number of carbonyl (C=O) groups excluding carboxylic acids is 1. The number of carbonyl (C=O) groups is 1. The van der Waals surface area contributed by atoms with Crippen LogP contribution < -0.4 is 5.32 Å². The maximum atomic E-state index is 12.5. The van der Waals surface area contributed by atoms with Gasteiger partial charge in [0.1, 0.15) is 15.7 Å². The third-order valence-corrected chi connectivity index (χ3v) is 7.07. The normalized spacial score (nSPS) is 14.7. The molecule has 1 aromatic carbocycles. The van der Waals surface area contributed by atoms with Crippen LogP contribution in [-0.2, 0) is 17.6 Å². The van der Waals surface area contributed by atoms with Crippen LogP contribution >= 0.6 is 23.1 Å². The molecule has 0 fully saturated rings. The van der Waals surface area contributed by atoms with E-state index < -0.39 is 0 Å². The van der Waals surface area contributed by atoms with Crippen LogP contribution in [0.4, 0.5) is 0 Å². The summed E-state index contributed by atoms with van der Waals surface area (Å²) in [6.07, 6.45) is 4.74. The summed E-state index contributed by atoms with van der Waals surface area (Å²) >= 11 is 3.34. The van der Waals surface area contributed by atoms with Gasteiger partial charge in [-0.05, 0) is 50.7 Å². The van der Waals surface area contributed by atoms with Gasteiger partial charge in [0.25, 0.3) is 0 Å². The smallest absolute Gasteiger partial charge is 0.230 e. The van der Waals surface area contributed by atoms with E-state index >= 15 is 0 Å². The van der Waals surface area contributed by atoms with E-state index in [0.717, 1.165) is 34.1 Å². The molecule has 1 atom stereocenters. The molecular weight excluding hydrogens is 374 g/mol. The van der Waals surface area contributed by atoms with E-state index in [2.05, 4.69) is 15.3 Å². The largest absolute Gasteiger partial charge is 0.349 e. The van der Waals surface area contributed by atoms with Crippen molar-refractivity contribution in [2.75, 3.05) is 5.75 Å². The first-order valence-electron chi connectivity index (χ1n) is 9.38. The van der Waals surface area contributed by atoms with Gasteiger partial charge in [-0.3, -0.25) is 4.79 Å². The van der Waals surface area contributed by atoms with E-state index in [4.69, 9.17) is 0 Å². The summed E-state index contributed by atoms with van der Waals surface area (Å²) in [5, 5.41) is 5.23. The van der Waals surface area contributed by atoms with Gasteiger partial charge >= 0.3 is 0 Å². The Bertz CT molecular complexity index is 968. The molecule has 1 N–H and O–H groups in total. The number of rotatable bonds is 5. The molecular formula is C21H23N3OS2. The number of hydrogen-bond acceptors (Lipinski definition) is 5. The number of aryl methyl sites for hydroxylation is 3. The SMILES string of the molecule is Cc1nc(SCC(=O)N[C@H](C)c2ccccc2)c2c3c(sc2n1)CCCC3. The Balaban J connectivity index is 1.50. The second kappa shape index (κ2) is 7.98. The maximum absolute atomic E-state index is 12.5. The van der Waals surface area contributed by atoms with Crippen molar-refractivity contribution in [1.82, 2.24) is 15.3 Å². The lowest BCUT2D eigenvalue weighted by Gasteiger charge is -2.14. The van der Waals surface area contributed by atoms with Crippen LogP contribution in [-0.4, -0.2) is 21.6 Å². The molecule has 1 aliphatic carbocycles. The molecule has 0 aliphatic heterocycles. The van der Waals surface area contributed by atoms with Gasteiger partial charge in [-0.25, -0.2) is 9.97 Å². The molecule has 2 aromatic heterocycles. The molecule has 0 spiro atoms. The van der Waals surface area contributed by atoms with Gasteiger partial charge in [-0.1, -0.05) is 42.1 Å². The van der Waals surface area contributed by atoms with E-state index in [1.807, 2.05) is 44.2 Å². The second-order valence-electron chi connectivity index (χ2n) is 6.96. The minimum atomic E-state index is 0.000335. The molecule has 140 valence electrons. The van der Waals surface area contributed by atoms with Crippen LogP contribution in [0.15, 0.2) is 35.4 Å². The topological polar surface area (TPSA) is 54.9 Å². The van der Waals surface area contributed by atoms with Crippen molar-refractivity contribution in [3.63, 3.8) is 0 Å². The number of benzene rings is 1. The summed E-state index contributed by atoms with van der Waals surface area (Å²) in [6, 6.07) is 10.0. The average molecular weight is 398 g/mol. The van der Waals surface area contributed by atoms with E-state index in [9.17, 15) is 4.79 Å². The Morgan fingerprint density at radius 3 is 2.81 bits per heavy atom. The molecule has 3 aromatic rings. The molecule has 4 rings (SSSR count). The Kier molecular flexibility index (Phi) is 5.45. The van der Waals surface area contributed by atoms with Crippen LogP contribution in [0.2, 0.25) is 0 Å². The van der Waals surface area contributed by atoms with Crippen molar-refractivity contribution in [2.45, 2.75) is 50.6 Å². The van der Waals surface area contributed by atoms with Gasteiger partial charge in [0.15, 0.2) is 0 Å². The zero-order valence-corrected chi connectivity index (χ0v) is 17.3. The summed E-state index contributed by atoms with van der Waals surface area (Å²) in [7, 11) is 0. The molecule has 0 bridgehead atoms. The highest BCUT2D eigenvalue weighted by Gasteiger charge is 2.21. The highest BCUT2D eigenvalue weighted by Crippen LogP contribution is 2.39. The maximum Gasteiger partial charge on any atom is 0.230 e. The summed E-state index contributed by atoms with van der Waals surface area (Å²) in [4.78, 5) is 24.3. The van der Waals surface area contributed by atoms with Gasteiger partial charge < -0.3 is 5.32 Å². The summed E-state index contributed by atoms with van der Waals surface area (Å²) in [6.45, 7) is 3.94. The number of amides is 1. The molecule has 2 heterocycles. The average Bonchev–Trinajstić information content (AvgIpc) is 3.05. The van der Waals surface area contributed by atoms with Crippen molar-refractivity contribution >= 4 is 39.2 Å². The number of fused-ring (bicyclic) bond motifs is 3. The number of nitrogens with one attached hydrogen (secondary N) is 1. The zero-order valence-electron chi connectivity index (χ0n) is 15.6. The van der Waals surface area contributed by atoms with Crippen LogP contribution in [0.3, 0.4) is 0 Å². The second-order valence-corrected chi connectivity index (χ2v) is 9.00. The first-order valence-corrected chi connectivity index (χ1v) is 11.2. The van der Waals surface area contributed by atoms with Crippen molar-refractivity contribution < 1.29 is 4.79 Å². The van der Waals surface area contributed by atoms with Gasteiger partial charge in [-0.2, -0.15) is 0 Å². The number of thioether (sulfide) groups is 1. The lowest BCUT2D eigenvalue weighted by atomic mass is 9.97. The van der Waals surface area contributed by atoms with Crippen LogP contribution in [0.5, 0.6) is 0 Å². The highest BCUT2D eigenvalue weighted by molar-refractivity contribution is 8.00. The summed E-state index contributed by atoms with van der Waals surface area (Å²) < 4.78 is 0. The number of nitrogens with zero attached hydrogens (tertiary/aromatic N) is 2. The van der Waals surface area contributed by atoms with Gasteiger partial charge in [0, 0.05) is 10.3 Å². The summed E-state index contributed by atoms with van der Waals surface area (Å²) in [5.41, 5.74) is 2.53. The predicted molar refractivity (Wildman–Crippen MR) is 113 cm³/mol. The van der Waals surface area contributed by atoms with Crippen molar-refractivity contribution in [1.29, 1.82) is 0 Å². The number of hydrogen-bond donors (Lipinski definition) is 1. The fraction of sp³-hybridized carbons (Fsp3) is 0.381. The lowest BCUT2D eigenvalue weighted by molar-refractivity contribution is -0.119. The minimum absolute atomic E-state index is 0.000335. The van der Waals surface area contributed by atoms with Crippen molar-refractivity contribution in [2.24, 2.45) is 0 Å². The molecule has 4 nitrogen and oxygen atoms in total. The Morgan fingerprint density at radius 1 is 1.22 bits per heavy atom. The fourth-order valence-corrected chi connectivity index (χ4v) is 5.86. The molecule has 1 amide bonds. The molecule has 0 radical (unpaired) electrons. The first-order chi connectivity index (χ1) is 13.1. The van der Waals surface area contributed by atoms with Crippen LogP contribution in [0, 0.1) is 6.92 Å². The highest BCUT2D eigenvalue weighted by atomic mass is 32.2. The Morgan fingerprint density at radius 2 is 2.00 bits per heavy atom. The number of aromatic nitrogens is 2. The Labute approximate surface area is 167 Å². The zero-order chi connectivity index (χ0) is 18.8. The van der Waals surface area contributed by atoms with Crippen molar-refractivity contribution in [3.8, 4) is 0 Å². The van der Waals surface area contributed by atoms with Gasteiger partial charge in [0.2, 0.25) is 5.91 Å². The standard InChI is InChI=1S/C21H23N3OS2/c1-13(15-8-4-3-5-9-15)22-18(25)12-26-20-19-16-10-6-7-11-17(16)27-21(19)24-14(2)23-20/h3-5,8-9,13H,6-7,10-12H2,1-2H3,(H,22,25)/t13-/m1/s1.